The summed E-state index contributed by atoms with van der Waals surface area (Å²) in [7, 11) is -2.54. The van der Waals surface area contributed by atoms with Gasteiger partial charge in [0.15, 0.2) is 0 Å². The van der Waals surface area contributed by atoms with E-state index in [1.54, 1.807) is 0 Å². The van der Waals surface area contributed by atoms with Gasteiger partial charge < -0.3 is 4.43 Å². The third kappa shape index (κ3) is 5.00. The van der Waals surface area contributed by atoms with E-state index in [-0.39, 0.29) is 11.1 Å². The van der Waals surface area contributed by atoms with Gasteiger partial charge in [0.05, 0.1) is 6.10 Å². The fourth-order valence-electron chi connectivity index (χ4n) is 4.28. The van der Waals surface area contributed by atoms with Crippen molar-refractivity contribution in [3.8, 4) is 0 Å². The molecule has 0 spiro atoms. The van der Waals surface area contributed by atoms with Crippen LogP contribution in [0.3, 0.4) is 0 Å². The third-order valence-corrected chi connectivity index (χ3v) is 10.8. The molecule has 3 aromatic carbocycles. The lowest BCUT2D eigenvalue weighted by atomic mass is 10.1. The number of allylic oxidation sites excluding steroid dienone is 1. The van der Waals surface area contributed by atoms with E-state index < -0.39 is 8.32 Å². The maximum absolute atomic E-state index is 7.29. The van der Waals surface area contributed by atoms with Crippen molar-refractivity contribution in [2.24, 2.45) is 0 Å². The predicted octanol–water partition coefficient (Wildman–Crippen LogP) is 6.14. The molecule has 0 saturated carbocycles. The molecule has 0 saturated heterocycles. The quantitative estimate of drug-likeness (QED) is 0.318. The van der Waals surface area contributed by atoms with E-state index in [1.807, 2.05) is 0 Å². The largest absolute Gasteiger partial charge is 0.401 e. The van der Waals surface area contributed by atoms with Crippen LogP contribution in [0.25, 0.3) is 0 Å². The second-order valence-electron chi connectivity index (χ2n) is 8.87. The van der Waals surface area contributed by atoms with Gasteiger partial charge in [-0.05, 0) is 40.7 Å². The highest BCUT2D eigenvalue weighted by Crippen LogP contribution is 2.38. The van der Waals surface area contributed by atoms with Gasteiger partial charge in [0.1, 0.15) is 0 Å². The van der Waals surface area contributed by atoms with E-state index in [1.165, 1.54) is 15.9 Å². The van der Waals surface area contributed by atoms with Gasteiger partial charge in [0.2, 0.25) is 0 Å². The molecule has 0 bridgehead atoms. The Kier molecular flexibility index (Phi) is 7.46. The van der Waals surface area contributed by atoms with Gasteiger partial charge in [0, 0.05) is 0 Å². The second-order valence-corrected chi connectivity index (χ2v) is 13.1. The lowest BCUT2D eigenvalue weighted by Gasteiger charge is -2.45. The lowest BCUT2D eigenvalue weighted by Crippen LogP contribution is -2.67. The zero-order chi connectivity index (χ0) is 21.5. The molecule has 0 heterocycles. The normalized spacial score (nSPS) is 13.5. The maximum Gasteiger partial charge on any atom is 0.261 e. The molecule has 156 valence electrons. The summed E-state index contributed by atoms with van der Waals surface area (Å²) in [6.45, 7) is 9.10. The Hall–Kier alpha value is -2.42. The number of benzene rings is 3. The third-order valence-electron chi connectivity index (χ3n) is 5.71. The summed E-state index contributed by atoms with van der Waals surface area (Å²) in [4.78, 5) is 0. The van der Waals surface area contributed by atoms with Gasteiger partial charge in [-0.3, -0.25) is 0 Å². The van der Waals surface area contributed by atoms with Crippen LogP contribution in [0.2, 0.25) is 5.04 Å². The summed E-state index contributed by atoms with van der Waals surface area (Å²) in [5.41, 5.74) is 1.36. The molecule has 0 aliphatic rings. The van der Waals surface area contributed by atoms with E-state index in [9.17, 15) is 0 Å². The van der Waals surface area contributed by atoms with Crippen LogP contribution in [0.15, 0.2) is 103 Å². The Labute approximate surface area is 183 Å². The number of hydrogen-bond acceptors (Lipinski definition) is 1. The first kappa shape index (κ1) is 22.3. The van der Waals surface area contributed by atoms with Gasteiger partial charge in [0.25, 0.3) is 8.32 Å². The minimum Gasteiger partial charge on any atom is -0.401 e. The second kappa shape index (κ2) is 10.1. The van der Waals surface area contributed by atoms with Crippen molar-refractivity contribution in [3.05, 3.63) is 109 Å². The van der Waals surface area contributed by atoms with Crippen molar-refractivity contribution in [2.75, 3.05) is 0 Å². The molecule has 0 radical (unpaired) electrons. The first-order chi connectivity index (χ1) is 14.5. The van der Waals surface area contributed by atoms with E-state index in [0.717, 1.165) is 12.8 Å². The highest BCUT2D eigenvalue weighted by molar-refractivity contribution is 6.99. The van der Waals surface area contributed by atoms with Gasteiger partial charge in [-0.15, -0.1) is 0 Å². The molecule has 0 amide bonds. The standard InChI is InChI=1S/C28H34OSi/c1-5-15-25(23-22-24-16-9-6-10-17-24)29-30(28(2,3)4,26-18-11-7-12-19-26)27-20-13-8-14-21-27/h5-21,25H,22-23H2,1-4H3/b15-5+. The Balaban J connectivity index is 2.04. The number of rotatable bonds is 8. The summed E-state index contributed by atoms with van der Waals surface area (Å²) >= 11 is 0. The van der Waals surface area contributed by atoms with E-state index in [0.29, 0.717) is 0 Å². The van der Waals surface area contributed by atoms with Crippen LogP contribution >= 0.6 is 0 Å². The molecule has 3 aromatic rings. The molecule has 0 aliphatic carbocycles. The van der Waals surface area contributed by atoms with E-state index in [2.05, 4.69) is 131 Å². The van der Waals surface area contributed by atoms with Crippen LogP contribution in [0.5, 0.6) is 0 Å². The van der Waals surface area contributed by atoms with E-state index >= 15 is 0 Å². The summed E-state index contributed by atoms with van der Waals surface area (Å²) in [5.74, 6) is 0. The minimum absolute atomic E-state index is 0.0116. The SMILES string of the molecule is C/C=C/C(CCc1ccccc1)O[Si](c1ccccc1)(c1ccccc1)C(C)(C)C. The molecule has 1 unspecified atom stereocenters. The molecule has 0 aromatic heterocycles. The Bertz CT molecular complexity index is 872. The molecule has 0 aliphatic heterocycles. The molecule has 1 atom stereocenters. The van der Waals surface area contributed by atoms with Crippen LogP contribution in [0.4, 0.5) is 0 Å². The molecular formula is C28H34OSi. The van der Waals surface area contributed by atoms with Crippen LogP contribution in [-0.4, -0.2) is 14.4 Å². The zero-order valence-corrected chi connectivity index (χ0v) is 19.7. The fourth-order valence-corrected chi connectivity index (χ4v) is 8.95. The van der Waals surface area contributed by atoms with Crippen molar-refractivity contribution in [1.29, 1.82) is 0 Å². The monoisotopic (exact) mass is 414 g/mol. The zero-order valence-electron chi connectivity index (χ0n) is 18.7. The van der Waals surface area contributed by atoms with Crippen LogP contribution in [0.1, 0.15) is 39.7 Å². The molecule has 2 heteroatoms. The Morgan fingerprint density at radius 3 is 1.67 bits per heavy atom. The smallest absolute Gasteiger partial charge is 0.261 e. The molecule has 0 N–H and O–H groups in total. The first-order valence-corrected chi connectivity index (χ1v) is 12.8. The number of hydrogen-bond donors (Lipinski definition) is 0. The Morgan fingerprint density at radius 2 is 1.23 bits per heavy atom. The van der Waals surface area contributed by atoms with Crippen LogP contribution < -0.4 is 10.4 Å². The fraction of sp³-hybridized carbons (Fsp3) is 0.286. The average molecular weight is 415 g/mol. The van der Waals surface area contributed by atoms with E-state index in [4.69, 9.17) is 4.43 Å². The van der Waals surface area contributed by atoms with Crippen LogP contribution in [0, 0.1) is 0 Å². The molecule has 30 heavy (non-hydrogen) atoms. The predicted molar refractivity (Wildman–Crippen MR) is 132 cm³/mol. The van der Waals surface area contributed by atoms with Gasteiger partial charge >= 0.3 is 0 Å². The Morgan fingerprint density at radius 1 is 0.767 bits per heavy atom. The van der Waals surface area contributed by atoms with Gasteiger partial charge in [-0.1, -0.05) is 124 Å². The van der Waals surface area contributed by atoms with Crippen molar-refractivity contribution in [2.45, 2.75) is 51.7 Å². The first-order valence-electron chi connectivity index (χ1n) is 10.9. The summed E-state index contributed by atoms with van der Waals surface area (Å²) in [6, 6.07) is 32.5. The minimum atomic E-state index is -2.54. The summed E-state index contributed by atoms with van der Waals surface area (Å²) in [5, 5.41) is 2.65. The summed E-state index contributed by atoms with van der Waals surface area (Å²) in [6.07, 6.45) is 6.42. The molecule has 1 nitrogen and oxygen atoms in total. The highest BCUT2D eigenvalue weighted by atomic mass is 28.4. The lowest BCUT2D eigenvalue weighted by molar-refractivity contribution is 0.223. The molecule has 3 rings (SSSR count). The topological polar surface area (TPSA) is 9.23 Å². The number of aryl methyl sites for hydroxylation is 1. The van der Waals surface area contributed by atoms with Crippen LogP contribution in [-0.2, 0) is 10.8 Å². The van der Waals surface area contributed by atoms with Crippen molar-refractivity contribution < 1.29 is 4.43 Å². The van der Waals surface area contributed by atoms with Crippen molar-refractivity contribution in [1.82, 2.24) is 0 Å². The van der Waals surface area contributed by atoms with Gasteiger partial charge in [-0.25, -0.2) is 0 Å². The maximum atomic E-state index is 7.29. The van der Waals surface area contributed by atoms with Gasteiger partial charge in [-0.2, -0.15) is 0 Å². The molecule has 0 fully saturated rings. The van der Waals surface area contributed by atoms with Crippen molar-refractivity contribution in [3.63, 3.8) is 0 Å². The molecular weight excluding hydrogens is 380 g/mol. The van der Waals surface area contributed by atoms with Crippen molar-refractivity contribution >= 4 is 18.7 Å². The average Bonchev–Trinajstić information content (AvgIpc) is 2.77. The summed E-state index contributed by atoms with van der Waals surface area (Å²) < 4.78 is 7.29. The highest BCUT2D eigenvalue weighted by Gasteiger charge is 2.51.